The minimum absolute atomic E-state index is 0.0973. The first-order valence-corrected chi connectivity index (χ1v) is 9.44. The van der Waals surface area contributed by atoms with Gasteiger partial charge in [0.1, 0.15) is 11.5 Å². The second-order valence-electron chi connectivity index (χ2n) is 6.90. The van der Waals surface area contributed by atoms with Gasteiger partial charge in [0.05, 0.1) is 23.8 Å². The normalized spacial score (nSPS) is 13.9. The number of imide groups is 1. The summed E-state index contributed by atoms with van der Waals surface area (Å²) < 4.78 is 5.48. The zero-order valence-corrected chi connectivity index (χ0v) is 16.2. The monoisotopic (exact) mass is 381 g/mol. The van der Waals surface area contributed by atoms with Crippen LogP contribution in [0.2, 0.25) is 0 Å². The van der Waals surface area contributed by atoms with Crippen LogP contribution in [-0.4, -0.2) is 65.0 Å². The van der Waals surface area contributed by atoms with Gasteiger partial charge in [-0.1, -0.05) is 13.8 Å². The molecular formula is C21H23N3O4. The molecule has 146 valence electrons. The number of aromatic nitrogens is 1. The van der Waals surface area contributed by atoms with Gasteiger partial charge in [0.15, 0.2) is 0 Å². The van der Waals surface area contributed by atoms with Crippen LogP contribution in [0.4, 0.5) is 0 Å². The maximum atomic E-state index is 13.2. The molecule has 0 bridgehead atoms. The first-order chi connectivity index (χ1) is 13.5. The van der Waals surface area contributed by atoms with Gasteiger partial charge in [-0.15, -0.1) is 0 Å². The third-order valence-electron chi connectivity index (χ3n) is 5.51. The van der Waals surface area contributed by atoms with Crippen LogP contribution >= 0.6 is 0 Å². The van der Waals surface area contributed by atoms with Gasteiger partial charge in [0, 0.05) is 29.4 Å². The molecule has 1 aliphatic heterocycles. The van der Waals surface area contributed by atoms with Crippen molar-refractivity contribution in [2.75, 3.05) is 33.3 Å². The molecule has 1 aromatic heterocycles. The number of likely N-dealkylation sites (N-methyl/N-ethyl adjacent to an activating group) is 1. The number of rotatable bonds is 6. The van der Waals surface area contributed by atoms with Gasteiger partial charge in [-0.05, 0) is 37.4 Å². The molecule has 3 aromatic rings. The summed E-state index contributed by atoms with van der Waals surface area (Å²) in [4.78, 5) is 32.9. The van der Waals surface area contributed by atoms with Crippen LogP contribution in [-0.2, 0) is 0 Å². The molecule has 4 rings (SSSR count). The van der Waals surface area contributed by atoms with Gasteiger partial charge in [-0.2, -0.15) is 0 Å². The van der Waals surface area contributed by atoms with Crippen molar-refractivity contribution in [2.24, 2.45) is 0 Å². The Bertz CT molecular complexity index is 1100. The molecule has 7 nitrogen and oxygen atoms in total. The fourth-order valence-electron chi connectivity index (χ4n) is 3.94. The first-order valence-electron chi connectivity index (χ1n) is 9.44. The standard InChI is InChI=1S/C21H23N3O4/c1-4-23(5-2)8-9-24-20(26)14-11-16(28-3)19-17(18(14)21(24)27)13-10-12(25)6-7-15(13)22-19/h6-7,10-11,22,25H,4-5,8-9H2,1-3H3. The van der Waals surface area contributed by atoms with Crippen molar-refractivity contribution in [1.82, 2.24) is 14.8 Å². The molecule has 1 aliphatic rings. The van der Waals surface area contributed by atoms with Crippen molar-refractivity contribution < 1.29 is 19.4 Å². The first kappa shape index (κ1) is 18.3. The Hall–Kier alpha value is -3.06. The Morgan fingerprint density at radius 1 is 1.14 bits per heavy atom. The van der Waals surface area contributed by atoms with Crippen LogP contribution in [0.25, 0.3) is 21.8 Å². The number of ether oxygens (including phenoxy) is 1. The number of nitrogens with zero attached hydrogens (tertiary/aromatic N) is 2. The summed E-state index contributed by atoms with van der Waals surface area (Å²) in [5.74, 6) is -0.0118. The third-order valence-corrected chi connectivity index (χ3v) is 5.51. The average molecular weight is 381 g/mol. The molecule has 2 aromatic carbocycles. The van der Waals surface area contributed by atoms with Crippen LogP contribution in [0.5, 0.6) is 11.5 Å². The predicted molar refractivity (Wildman–Crippen MR) is 107 cm³/mol. The van der Waals surface area contributed by atoms with E-state index in [9.17, 15) is 14.7 Å². The number of fused-ring (bicyclic) bond motifs is 5. The molecular weight excluding hydrogens is 358 g/mol. The number of phenols is 1. The Morgan fingerprint density at radius 2 is 1.89 bits per heavy atom. The van der Waals surface area contributed by atoms with E-state index in [1.807, 2.05) is 0 Å². The number of nitrogens with one attached hydrogen (secondary N) is 1. The topological polar surface area (TPSA) is 85.9 Å². The summed E-state index contributed by atoms with van der Waals surface area (Å²) in [6, 6.07) is 6.55. The van der Waals surface area contributed by atoms with Crippen molar-refractivity contribution in [3.8, 4) is 11.5 Å². The molecule has 0 saturated carbocycles. The molecule has 2 heterocycles. The van der Waals surface area contributed by atoms with Gasteiger partial charge >= 0.3 is 0 Å². The van der Waals surface area contributed by atoms with Crippen molar-refractivity contribution >= 4 is 33.6 Å². The molecule has 0 aliphatic carbocycles. The Kier molecular flexibility index (Phi) is 4.47. The summed E-state index contributed by atoms with van der Waals surface area (Å²) in [7, 11) is 1.53. The highest BCUT2D eigenvalue weighted by Crippen LogP contribution is 2.40. The van der Waals surface area contributed by atoms with Crippen molar-refractivity contribution in [3.05, 3.63) is 35.4 Å². The zero-order chi connectivity index (χ0) is 20.0. The Labute approximate surface area is 162 Å². The molecule has 2 amide bonds. The molecule has 2 N–H and O–H groups in total. The third kappa shape index (κ3) is 2.62. The molecule has 0 radical (unpaired) electrons. The molecule has 0 atom stereocenters. The van der Waals surface area contributed by atoms with E-state index in [1.54, 1.807) is 24.3 Å². The van der Waals surface area contributed by atoms with Crippen LogP contribution in [0.1, 0.15) is 34.6 Å². The summed E-state index contributed by atoms with van der Waals surface area (Å²) >= 11 is 0. The number of hydrogen-bond donors (Lipinski definition) is 2. The lowest BCUT2D eigenvalue weighted by Crippen LogP contribution is -2.38. The number of benzene rings is 2. The minimum atomic E-state index is -0.304. The lowest BCUT2D eigenvalue weighted by Gasteiger charge is -2.21. The Balaban J connectivity index is 1.88. The van der Waals surface area contributed by atoms with Crippen molar-refractivity contribution in [1.29, 1.82) is 0 Å². The number of aromatic amines is 1. The number of aromatic hydroxyl groups is 1. The molecule has 0 saturated heterocycles. The van der Waals surface area contributed by atoms with E-state index in [-0.39, 0.29) is 17.6 Å². The molecule has 28 heavy (non-hydrogen) atoms. The number of hydrogen-bond acceptors (Lipinski definition) is 5. The second-order valence-corrected chi connectivity index (χ2v) is 6.90. The summed E-state index contributed by atoms with van der Waals surface area (Å²) in [5.41, 5.74) is 2.13. The Morgan fingerprint density at radius 3 is 2.57 bits per heavy atom. The van der Waals surface area contributed by atoms with E-state index < -0.39 is 0 Å². The van der Waals surface area contributed by atoms with Crippen LogP contribution in [0.15, 0.2) is 24.3 Å². The highest BCUT2D eigenvalue weighted by Gasteiger charge is 2.39. The van der Waals surface area contributed by atoms with Gasteiger partial charge in [0.2, 0.25) is 0 Å². The number of carbonyl (C=O) groups excluding carboxylic acids is 2. The van der Waals surface area contributed by atoms with E-state index >= 15 is 0 Å². The van der Waals surface area contributed by atoms with Gasteiger partial charge in [0.25, 0.3) is 11.8 Å². The van der Waals surface area contributed by atoms with Crippen molar-refractivity contribution in [3.63, 3.8) is 0 Å². The van der Waals surface area contributed by atoms with E-state index in [2.05, 4.69) is 23.7 Å². The number of methoxy groups -OCH3 is 1. The largest absolute Gasteiger partial charge is 0.508 e. The van der Waals surface area contributed by atoms with Crippen molar-refractivity contribution in [2.45, 2.75) is 13.8 Å². The summed E-state index contributed by atoms with van der Waals surface area (Å²) in [6.45, 7) is 6.80. The maximum absolute atomic E-state index is 13.2. The number of H-pyrrole nitrogens is 1. The van der Waals surface area contributed by atoms with Gasteiger partial charge in [-0.3, -0.25) is 14.5 Å². The van der Waals surface area contributed by atoms with Crippen LogP contribution in [0.3, 0.4) is 0 Å². The fourth-order valence-corrected chi connectivity index (χ4v) is 3.94. The molecule has 0 fully saturated rings. The van der Waals surface area contributed by atoms with E-state index in [4.69, 9.17) is 4.74 Å². The highest BCUT2D eigenvalue weighted by atomic mass is 16.5. The minimum Gasteiger partial charge on any atom is -0.508 e. The van der Waals surface area contributed by atoms with E-state index in [0.29, 0.717) is 46.3 Å². The van der Waals surface area contributed by atoms with E-state index in [0.717, 1.165) is 18.6 Å². The molecule has 0 spiro atoms. The number of carbonyl (C=O) groups is 2. The molecule has 7 heteroatoms. The maximum Gasteiger partial charge on any atom is 0.262 e. The quantitative estimate of drug-likeness (QED) is 0.641. The smallest absolute Gasteiger partial charge is 0.262 e. The molecule has 0 unspecified atom stereocenters. The fraction of sp³-hybridized carbons (Fsp3) is 0.333. The van der Waals surface area contributed by atoms with Crippen LogP contribution < -0.4 is 4.74 Å². The summed E-state index contributed by atoms with van der Waals surface area (Å²) in [5, 5.41) is 11.2. The number of phenolic OH excluding ortho intramolecular Hbond substituents is 1. The predicted octanol–water partition coefficient (Wildman–Crippen LogP) is 2.97. The second kappa shape index (κ2) is 6.83. The number of amides is 2. The van der Waals surface area contributed by atoms with Crippen LogP contribution in [0, 0.1) is 0 Å². The summed E-state index contributed by atoms with van der Waals surface area (Å²) in [6.07, 6.45) is 0. The lowest BCUT2D eigenvalue weighted by atomic mass is 10.0. The zero-order valence-electron chi connectivity index (χ0n) is 16.2. The lowest BCUT2D eigenvalue weighted by molar-refractivity contribution is 0.0638. The highest BCUT2D eigenvalue weighted by molar-refractivity contribution is 6.30. The van der Waals surface area contributed by atoms with Gasteiger partial charge in [-0.25, -0.2) is 0 Å². The average Bonchev–Trinajstić information content (AvgIpc) is 3.18. The van der Waals surface area contributed by atoms with E-state index in [1.165, 1.54) is 12.0 Å². The van der Waals surface area contributed by atoms with Gasteiger partial charge < -0.3 is 19.7 Å². The SMILES string of the molecule is CCN(CC)CCN1C(=O)c2cc(OC)c3[nH]c4ccc(O)cc4c3c2C1=O.